The molecule has 0 saturated carbocycles. The number of methoxy groups -OCH3 is 1. The number of hydrogen-bond acceptors (Lipinski definition) is 3. The number of amides is 1. The van der Waals surface area contributed by atoms with Gasteiger partial charge in [0.25, 0.3) is 0 Å². The summed E-state index contributed by atoms with van der Waals surface area (Å²) in [6.45, 7) is 0.498. The Labute approximate surface area is 53.8 Å². The fraction of sp³-hybridized carbons (Fsp3) is 0.800. The predicted octanol–water partition coefficient (Wildman–Crippen LogP) is -1.26. The smallest absolute Gasteiger partial charge is 0.207 e. The molecule has 0 aliphatic carbocycles. The fourth-order valence-electron chi connectivity index (χ4n) is 0.435. The molecule has 0 rings (SSSR count). The van der Waals surface area contributed by atoms with Gasteiger partial charge in [-0.05, 0) is 0 Å². The maximum atomic E-state index is 9.65. The van der Waals surface area contributed by atoms with Gasteiger partial charge in [0.2, 0.25) is 6.41 Å². The molecular weight excluding hydrogens is 122 g/mol. The summed E-state index contributed by atoms with van der Waals surface area (Å²) < 4.78 is 4.59. The molecule has 0 aromatic heterocycles. The molecule has 0 radical (unpaired) electrons. The molecule has 4 heteroatoms. The second kappa shape index (κ2) is 5.53. The minimum Gasteiger partial charge on any atom is -0.389 e. The van der Waals surface area contributed by atoms with Crippen molar-refractivity contribution in [3.63, 3.8) is 0 Å². The van der Waals surface area contributed by atoms with Gasteiger partial charge in [-0.2, -0.15) is 0 Å². The van der Waals surface area contributed by atoms with Crippen molar-refractivity contribution in [1.82, 2.24) is 5.32 Å². The standard InChI is InChI=1S/C5H11NO3/c1-9-3-5(8)2-6-4-7/h4-5,8H,2-3H2,1H3,(H,6,7). The molecule has 0 saturated heterocycles. The van der Waals surface area contributed by atoms with Gasteiger partial charge in [0.05, 0.1) is 12.7 Å². The van der Waals surface area contributed by atoms with Gasteiger partial charge < -0.3 is 15.2 Å². The van der Waals surface area contributed by atoms with E-state index in [9.17, 15) is 4.79 Å². The first-order valence-corrected chi connectivity index (χ1v) is 2.65. The van der Waals surface area contributed by atoms with Crippen molar-refractivity contribution >= 4 is 6.41 Å². The maximum Gasteiger partial charge on any atom is 0.207 e. The summed E-state index contributed by atoms with van der Waals surface area (Å²) in [5, 5.41) is 11.2. The van der Waals surface area contributed by atoms with E-state index in [4.69, 9.17) is 5.11 Å². The van der Waals surface area contributed by atoms with E-state index in [2.05, 4.69) is 10.1 Å². The van der Waals surface area contributed by atoms with Crippen LogP contribution in [-0.2, 0) is 9.53 Å². The normalized spacial score (nSPS) is 12.7. The summed E-state index contributed by atoms with van der Waals surface area (Å²) in [5.41, 5.74) is 0. The number of ether oxygens (including phenoxy) is 1. The van der Waals surface area contributed by atoms with Gasteiger partial charge in [-0.15, -0.1) is 0 Å². The van der Waals surface area contributed by atoms with Gasteiger partial charge >= 0.3 is 0 Å². The van der Waals surface area contributed by atoms with E-state index in [1.54, 1.807) is 0 Å². The molecule has 2 N–H and O–H groups in total. The second-order valence-electron chi connectivity index (χ2n) is 1.64. The number of aliphatic hydroxyl groups is 1. The van der Waals surface area contributed by atoms with Crippen LogP contribution >= 0.6 is 0 Å². The highest BCUT2D eigenvalue weighted by molar-refractivity contribution is 5.45. The average molecular weight is 133 g/mol. The zero-order chi connectivity index (χ0) is 7.11. The highest BCUT2D eigenvalue weighted by Gasteiger charge is 1.99. The first-order valence-electron chi connectivity index (χ1n) is 2.65. The van der Waals surface area contributed by atoms with Crippen molar-refractivity contribution in [1.29, 1.82) is 0 Å². The van der Waals surface area contributed by atoms with Crippen LogP contribution in [0.15, 0.2) is 0 Å². The van der Waals surface area contributed by atoms with E-state index in [0.29, 0.717) is 6.41 Å². The summed E-state index contributed by atoms with van der Waals surface area (Å²) >= 11 is 0. The van der Waals surface area contributed by atoms with Crippen LogP contribution < -0.4 is 5.32 Å². The summed E-state index contributed by atoms with van der Waals surface area (Å²) in [4.78, 5) is 9.65. The lowest BCUT2D eigenvalue weighted by Gasteiger charge is -2.06. The number of nitrogens with one attached hydrogen (secondary N) is 1. The SMILES string of the molecule is COCC(O)CNC=O. The third-order valence-corrected chi connectivity index (χ3v) is 0.796. The highest BCUT2D eigenvalue weighted by Crippen LogP contribution is 1.78. The molecule has 0 aromatic carbocycles. The molecule has 0 spiro atoms. The van der Waals surface area contributed by atoms with Crippen LogP contribution in [0.5, 0.6) is 0 Å². The van der Waals surface area contributed by atoms with Gasteiger partial charge in [0.15, 0.2) is 0 Å². The molecule has 1 unspecified atom stereocenters. The Balaban J connectivity index is 3.04. The quantitative estimate of drug-likeness (QED) is 0.460. The summed E-state index contributed by atoms with van der Waals surface area (Å²) in [6.07, 6.45) is -0.0565. The minimum absolute atomic E-state index is 0.247. The molecule has 0 aromatic rings. The fourth-order valence-corrected chi connectivity index (χ4v) is 0.435. The number of aliphatic hydroxyl groups excluding tert-OH is 1. The van der Waals surface area contributed by atoms with Crippen LogP contribution in [0.3, 0.4) is 0 Å². The van der Waals surface area contributed by atoms with Gasteiger partial charge in [0.1, 0.15) is 0 Å². The molecule has 0 aliphatic heterocycles. The Morgan fingerprint density at radius 1 is 1.89 bits per heavy atom. The topological polar surface area (TPSA) is 58.6 Å². The number of carbonyl (C=O) groups excluding carboxylic acids is 1. The molecular formula is C5H11NO3. The molecule has 1 atom stereocenters. The van der Waals surface area contributed by atoms with Crippen LogP contribution in [0.4, 0.5) is 0 Å². The lowest BCUT2D eigenvalue weighted by Crippen LogP contribution is -2.28. The molecule has 54 valence electrons. The Hall–Kier alpha value is -0.610. The van der Waals surface area contributed by atoms with Crippen molar-refractivity contribution in [3.05, 3.63) is 0 Å². The van der Waals surface area contributed by atoms with Crippen LogP contribution in [0, 0.1) is 0 Å². The molecule has 0 aliphatic rings. The van der Waals surface area contributed by atoms with Gasteiger partial charge in [-0.25, -0.2) is 0 Å². The summed E-state index contributed by atoms with van der Waals surface area (Å²) in [7, 11) is 1.49. The molecule has 1 amide bonds. The zero-order valence-electron chi connectivity index (χ0n) is 5.33. The van der Waals surface area contributed by atoms with Crippen molar-refractivity contribution in [2.45, 2.75) is 6.10 Å². The van der Waals surface area contributed by atoms with Gasteiger partial charge in [-0.3, -0.25) is 4.79 Å². The van der Waals surface area contributed by atoms with E-state index in [-0.39, 0.29) is 13.2 Å². The molecule has 0 fully saturated rings. The van der Waals surface area contributed by atoms with Crippen LogP contribution in [0.25, 0.3) is 0 Å². The van der Waals surface area contributed by atoms with Crippen molar-refractivity contribution in [2.75, 3.05) is 20.3 Å². The zero-order valence-corrected chi connectivity index (χ0v) is 5.33. The Bertz CT molecular complexity index is 76.6. The summed E-state index contributed by atoms with van der Waals surface area (Å²) in [5.74, 6) is 0. The second-order valence-corrected chi connectivity index (χ2v) is 1.64. The minimum atomic E-state index is -0.597. The lowest BCUT2D eigenvalue weighted by molar-refractivity contribution is -0.110. The lowest BCUT2D eigenvalue weighted by atomic mass is 10.4. The maximum absolute atomic E-state index is 9.65. The van der Waals surface area contributed by atoms with Crippen LogP contribution in [0.1, 0.15) is 0 Å². The van der Waals surface area contributed by atoms with Crippen LogP contribution in [0.2, 0.25) is 0 Å². The van der Waals surface area contributed by atoms with E-state index in [1.807, 2.05) is 0 Å². The molecule has 9 heavy (non-hydrogen) atoms. The average Bonchev–Trinajstić information content (AvgIpc) is 1.85. The predicted molar refractivity (Wildman–Crippen MR) is 31.9 cm³/mol. The van der Waals surface area contributed by atoms with Crippen molar-refractivity contribution in [2.24, 2.45) is 0 Å². The van der Waals surface area contributed by atoms with E-state index in [1.165, 1.54) is 7.11 Å². The first kappa shape index (κ1) is 8.39. The molecule has 0 bridgehead atoms. The van der Waals surface area contributed by atoms with E-state index < -0.39 is 6.10 Å². The van der Waals surface area contributed by atoms with Gasteiger partial charge in [-0.1, -0.05) is 0 Å². The van der Waals surface area contributed by atoms with Crippen molar-refractivity contribution < 1.29 is 14.6 Å². The third kappa shape index (κ3) is 5.26. The summed E-state index contributed by atoms with van der Waals surface area (Å²) in [6, 6.07) is 0. The molecule has 4 nitrogen and oxygen atoms in total. The monoisotopic (exact) mass is 133 g/mol. The third-order valence-electron chi connectivity index (χ3n) is 0.796. The number of rotatable bonds is 5. The number of hydrogen-bond donors (Lipinski definition) is 2. The van der Waals surface area contributed by atoms with Crippen LogP contribution in [-0.4, -0.2) is 37.9 Å². The Kier molecular flexibility index (Phi) is 5.15. The Morgan fingerprint density at radius 3 is 3.00 bits per heavy atom. The van der Waals surface area contributed by atoms with E-state index >= 15 is 0 Å². The highest BCUT2D eigenvalue weighted by atomic mass is 16.5. The largest absolute Gasteiger partial charge is 0.389 e. The van der Waals surface area contributed by atoms with E-state index in [0.717, 1.165) is 0 Å². The van der Waals surface area contributed by atoms with Gasteiger partial charge in [0, 0.05) is 13.7 Å². The first-order chi connectivity index (χ1) is 4.31. The molecule has 0 heterocycles. The van der Waals surface area contributed by atoms with Crippen molar-refractivity contribution in [3.8, 4) is 0 Å². The Morgan fingerprint density at radius 2 is 2.56 bits per heavy atom. The number of carbonyl (C=O) groups is 1.